The van der Waals surface area contributed by atoms with Crippen molar-refractivity contribution in [2.45, 2.75) is 10.1 Å². The molecule has 0 aliphatic rings. The maximum atomic E-state index is 14.5. The Labute approximate surface area is 281 Å². The standard InChI is InChI=1S/C40H30FN3O3S/c41-34-20-10-8-17-30(34)26-36(44-38(45)29-15-5-2-6-16-29)39(46)42-31-22-24-32(25-23-31)48-37(28-13-3-1-4-14-28)40(47)43-35-21-11-18-27-12-7-9-19-33(27)35/h1-26,37H,(H,42,46)(H,43,47)(H,44,45)/b36-26-. The van der Waals surface area contributed by atoms with Gasteiger partial charge in [-0.1, -0.05) is 103 Å². The second kappa shape index (κ2) is 15.1. The first-order valence-corrected chi connectivity index (χ1v) is 16.1. The summed E-state index contributed by atoms with van der Waals surface area (Å²) < 4.78 is 14.5. The summed E-state index contributed by atoms with van der Waals surface area (Å²) in [7, 11) is 0. The zero-order chi connectivity index (χ0) is 33.3. The first kappa shape index (κ1) is 32.0. The van der Waals surface area contributed by atoms with Crippen molar-refractivity contribution in [3.05, 3.63) is 180 Å². The van der Waals surface area contributed by atoms with Crippen LogP contribution in [0.15, 0.2) is 162 Å². The number of anilines is 2. The van der Waals surface area contributed by atoms with Crippen molar-refractivity contribution in [3.63, 3.8) is 0 Å². The minimum atomic E-state index is -0.625. The topological polar surface area (TPSA) is 87.3 Å². The van der Waals surface area contributed by atoms with E-state index in [0.717, 1.165) is 26.9 Å². The van der Waals surface area contributed by atoms with E-state index in [1.807, 2.05) is 84.9 Å². The Balaban J connectivity index is 1.20. The first-order valence-electron chi connectivity index (χ1n) is 15.2. The zero-order valence-corrected chi connectivity index (χ0v) is 26.4. The summed E-state index contributed by atoms with van der Waals surface area (Å²) in [4.78, 5) is 40.9. The van der Waals surface area contributed by atoms with E-state index >= 15 is 0 Å². The number of rotatable bonds is 10. The fourth-order valence-electron chi connectivity index (χ4n) is 5.07. The van der Waals surface area contributed by atoms with Gasteiger partial charge in [-0.05, 0) is 65.6 Å². The van der Waals surface area contributed by atoms with Crippen molar-refractivity contribution in [1.29, 1.82) is 0 Å². The summed E-state index contributed by atoms with van der Waals surface area (Å²) in [5, 5.41) is 9.96. The van der Waals surface area contributed by atoms with E-state index in [-0.39, 0.29) is 17.2 Å². The molecule has 48 heavy (non-hydrogen) atoms. The molecule has 0 aromatic heterocycles. The molecular weight excluding hydrogens is 622 g/mol. The predicted octanol–water partition coefficient (Wildman–Crippen LogP) is 8.86. The van der Waals surface area contributed by atoms with E-state index in [1.165, 1.54) is 30.0 Å². The molecule has 0 aliphatic carbocycles. The maximum absolute atomic E-state index is 14.5. The molecule has 0 saturated carbocycles. The van der Waals surface area contributed by atoms with E-state index in [4.69, 9.17) is 0 Å². The molecule has 0 heterocycles. The molecule has 0 bridgehead atoms. The van der Waals surface area contributed by atoms with Gasteiger partial charge < -0.3 is 16.0 Å². The third-order valence-electron chi connectivity index (χ3n) is 7.49. The highest BCUT2D eigenvalue weighted by molar-refractivity contribution is 8.00. The number of carbonyl (C=O) groups is 3. The number of hydrogen-bond acceptors (Lipinski definition) is 4. The largest absolute Gasteiger partial charge is 0.324 e. The van der Waals surface area contributed by atoms with E-state index in [9.17, 15) is 18.8 Å². The molecule has 6 rings (SSSR count). The lowest BCUT2D eigenvalue weighted by Crippen LogP contribution is -2.30. The molecule has 1 atom stereocenters. The molecule has 1 unspecified atom stereocenters. The lowest BCUT2D eigenvalue weighted by atomic mass is 10.1. The van der Waals surface area contributed by atoms with Gasteiger partial charge in [-0.2, -0.15) is 0 Å². The van der Waals surface area contributed by atoms with Gasteiger partial charge in [0.05, 0.1) is 0 Å². The lowest BCUT2D eigenvalue weighted by Gasteiger charge is -2.18. The van der Waals surface area contributed by atoms with Gasteiger partial charge in [0.15, 0.2) is 0 Å². The molecule has 6 aromatic rings. The number of carbonyl (C=O) groups excluding carboxylic acids is 3. The SMILES string of the molecule is O=C(Nc1ccc(SC(C(=O)Nc2cccc3ccccc23)c2ccccc2)cc1)/C(=C/c1ccccc1F)NC(=O)c1ccccc1. The third-order valence-corrected chi connectivity index (χ3v) is 8.75. The van der Waals surface area contributed by atoms with Crippen molar-refractivity contribution >= 4 is 57.7 Å². The van der Waals surface area contributed by atoms with Crippen LogP contribution in [-0.4, -0.2) is 17.7 Å². The average molecular weight is 652 g/mol. The van der Waals surface area contributed by atoms with E-state index < -0.39 is 22.9 Å². The Kier molecular flexibility index (Phi) is 10.0. The van der Waals surface area contributed by atoms with Crippen molar-refractivity contribution in [2.75, 3.05) is 10.6 Å². The van der Waals surface area contributed by atoms with E-state index in [2.05, 4.69) is 16.0 Å². The fraction of sp³-hybridized carbons (Fsp3) is 0.0250. The molecule has 0 saturated heterocycles. The molecule has 0 fully saturated rings. The minimum absolute atomic E-state index is 0.123. The van der Waals surface area contributed by atoms with Gasteiger partial charge in [-0.25, -0.2) is 4.39 Å². The summed E-state index contributed by atoms with van der Waals surface area (Å²) in [5.74, 6) is -1.83. The summed E-state index contributed by atoms with van der Waals surface area (Å²) in [5.41, 5.74) is 2.40. The Morgan fingerprint density at radius 1 is 0.646 bits per heavy atom. The van der Waals surface area contributed by atoms with Crippen LogP contribution in [0.2, 0.25) is 0 Å². The second-order valence-corrected chi connectivity index (χ2v) is 12.0. The Morgan fingerprint density at radius 2 is 1.29 bits per heavy atom. The van der Waals surface area contributed by atoms with Gasteiger partial charge in [-0.3, -0.25) is 14.4 Å². The molecule has 6 aromatic carbocycles. The van der Waals surface area contributed by atoms with E-state index in [1.54, 1.807) is 54.6 Å². The van der Waals surface area contributed by atoms with Crippen molar-refractivity contribution < 1.29 is 18.8 Å². The zero-order valence-electron chi connectivity index (χ0n) is 25.6. The quantitative estimate of drug-likeness (QED) is 0.102. The maximum Gasteiger partial charge on any atom is 0.272 e. The van der Waals surface area contributed by atoms with Gasteiger partial charge in [0, 0.05) is 32.8 Å². The van der Waals surface area contributed by atoms with Crippen LogP contribution in [0.4, 0.5) is 15.8 Å². The third kappa shape index (κ3) is 7.86. The van der Waals surface area contributed by atoms with Crippen LogP contribution >= 0.6 is 11.8 Å². The molecule has 236 valence electrons. The number of thioether (sulfide) groups is 1. The number of amides is 3. The molecule has 6 nitrogen and oxygen atoms in total. The molecule has 8 heteroatoms. The highest BCUT2D eigenvalue weighted by Gasteiger charge is 2.23. The van der Waals surface area contributed by atoms with Gasteiger partial charge in [-0.15, -0.1) is 11.8 Å². The number of nitrogens with one attached hydrogen (secondary N) is 3. The van der Waals surface area contributed by atoms with Crippen LogP contribution in [0.3, 0.4) is 0 Å². The predicted molar refractivity (Wildman–Crippen MR) is 191 cm³/mol. The van der Waals surface area contributed by atoms with Crippen molar-refractivity contribution in [3.8, 4) is 0 Å². The minimum Gasteiger partial charge on any atom is -0.324 e. The number of halogens is 1. The van der Waals surface area contributed by atoms with Crippen LogP contribution in [-0.2, 0) is 9.59 Å². The monoisotopic (exact) mass is 651 g/mol. The van der Waals surface area contributed by atoms with Crippen LogP contribution in [0, 0.1) is 5.82 Å². The van der Waals surface area contributed by atoms with Crippen LogP contribution < -0.4 is 16.0 Å². The molecule has 3 N–H and O–H groups in total. The molecule has 0 radical (unpaired) electrons. The van der Waals surface area contributed by atoms with Crippen molar-refractivity contribution in [2.24, 2.45) is 0 Å². The lowest BCUT2D eigenvalue weighted by molar-refractivity contribution is -0.116. The highest BCUT2D eigenvalue weighted by Crippen LogP contribution is 2.37. The van der Waals surface area contributed by atoms with Gasteiger partial charge >= 0.3 is 0 Å². The number of benzene rings is 6. The smallest absolute Gasteiger partial charge is 0.272 e. The fourth-order valence-corrected chi connectivity index (χ4v) is 6.10. The Morgan fingerprint density at radius 3 is 2.04 bits per heavy atom. The highest BCUT2D eigenvalue weighted by atomic mass is 32.2. The molecule has 3 amide bonds. The van der Waals surface area contributed by atoms with Crippen molar-refractivity contribution in [1.82, 2.24) is 5.32 Å². The summed E-state index contributed by atoms with van der Waals surface area (Å²) >= 11 is 1.38. The summed E-state index contributed by atoms with van der Waals surface area (Å²) in [6.45, 7) is 0. The van der Waals surface area contributed by atoms with Crippen LogP contribution in [0.5, 0.6) is 0 Å². The van der Waals surface area contributed by atoms with Crippen LogP contribution in [0.25, 0.3) is 16.8 Å². The average Bonchev–Trinajstić information content (AvgIpc) is 3.12. The number of fused-ring (bicyclic) bond motifs is 1. The second-order valence-electron chi connectivity index (χ2n) is 10.8. The van der Waals surface area contributed by atoms with Gasteiger partial charge in [0.2, 0.25) is 5.91 Å². The number of hydrogen-bond donors (Lipinski definition) is 3. The Bertz CT molecular complexity index is 2100. The molecule has 0 aliphatic heterocycles. The van der Waals surface area contributed by atoms with Gasteiger partial charge in [0.25, 0.3) is 11.8 Å². The Hall–Kier alpha value is -5.99. The van der Waals surface area contributed by atoms with Crippen LogP contribution in [0.1, 0.15) is 26.7 Å². The summed E-state index contributed by atoms with van der Waals surface area (Å²) in [6.07, 6.45) is 1.30. The normalized spacial score (nSPS) is 11.8. The van der Waals surface area contributed by atoms with E-state index in [0.29, 0.717) is 11.3 Å². The van der Waals surface area contributed by atoms with Gasteiger partial charge in [0.1, 0.15) is 16.8 Å². The summed E-state index contributed by atoms with van der Waals surface area (Å²) in [6, 6.07) is 44.7. The molecule has 0 spiro atoms. The molecular formula is C40H30FN3O3S. The first-order chi connectivity index (χ1) is 23.4.